The molecule has 0 fully saturated rings. The molecular formula is C30H30N4O3. The molecule has 7 heteroatoms. The van der Waals surface area contributed by atoms with Gasteiger partial charge in [0.2, 0.25) is 17.7 Å². The average Bonchev–Trinajstić information content (AvgIpc) is 3.34. The van der Waals surface area contributed by atoms with E-state index in [2.05, 4.69) is 27.5 Å². The van der Waals surface area contributed by atoms with Crippen LogP contribution in [0, 0.1) is 0 Å². The van der Waals surface area contributed by atoms with E-state index in [0.717, 1.165) is 33.7 Å². The minimum atomic E-state index is -0.875. The third kappa shape index (κ3) is 6.95. The van der Waals surface area contributed by atoms with Gasteiger partial charge in [-0.05, 0) is 28.8 Å². The molecule has 4 rings (SSSR count). The summed E-state index contributed by atoms with van der Waals surface area (Å²) in [5.74, 6) is -1.22. The number of hydrogen-bond donors (Lipinski definition) is 4. The highest BCUT2D eigenvalue weighted by Crippen LogP contribution is 2.19. The van der Waals surface area contributed by atoms with Crippen LogP contribution in [0.4, 0.5) is 0 Å². The maximum atomic E-state index is 13.4. The maximum absolute atomic E-state index is 13.4. The van der Waals surface area contributed by atoms with Gasteiger partial charge in [0.1, 0.15) is 12.1 Å². The fourth-order valence-electron chi connectivity index (χ4n) is 4.20. The lowest BCUT2D eigenvalue weighted by Gasteiger charge is -2.23. The predicted octanol–water partition coefficient (Wildman–Crippen LogP) is 3.43. The number of para-hydroxylation sites is 1. The van der Waals surface area contributed by atoms with Crippen LogP contribution in [-0.4, -0.2) is 34.8 Å². The van der Waals surface area contributed by atoms with Crippen LogP contribution in [0.15, 0.2) is 104 Å². The van der Waals surface area contributed by atoms with Crippen LogP contribution in [0.25, 0.3) is 10.9 Å². The van der Waals surface area contributed by atoms with Crippen molar-refractivity contribution in [1.82, 2.24) is 20.9 Å². The van der Waals surface area contributed by atoms with E-state index in [1.807, 2.05) is 91.1 Å². The molecule has 0 saturated heterocycles. The molecule has 0 aliphatic heterocycles. The monoisotopic (exact) mass is 494 g/mol. The number of benzene rings is 3. The summed E-state index contributed by atoms with van der Waals surface area (Å²) in [4.78, 5) is 42.1. The normalized spacial score (nSPS) is 12.3. The van der Waals surface area contributed by atoms with Crippen LogP contribution in [-0.2, 0) is 33.8 Å². The summed E-state index contributed by atoms with van der Waals surface area (Å²) >= 11 is 0. The van der Waals surface area contributed by atoms with Gasteiger partial charge < -0.3 is 20.9 Å². The molecular weight excluding hydrogens is 464 g/mol. The average molecular weight is 495 g/mol. The van der Waals surface area contributed by atoms with Crippen molar-refractivity contribution in [2.75, 3.05) is 0 Å². The van der Waals surface area contributed by atoms with Crippen molar-refractivity contribution in [3.05, 3.63) is 120 Å². The molecule has 2 atom stereocenters. The van der Waals surface area contributed by atoms with E-state index in [0.29, 0.717) is 6.54 Å². The molecule has 37 heavy (non-hydrogen) atoms. The molecule has 0 radical (unpaired) electrons. The first-order valence-corrected chi connectivity index (χ1v) is 12.2. The van der Waals surface area contributed by atoms with Crippen molar-refractivity contribution < 1.29 is 14.4 Å². The van der Waals surface area contributed by atoms with Crippen molar-refractivity contribution in [3.8, 4) is 0 Å². The van der Waals surface area contributed by atoms with Gasteiger partial charge in [-0.3, -0.25) is 14.4 Å². The number of aromatic amines is 1. The van der Waals surface area contributed by atoms with Crippen LogP contribution in [0.5, 0.6) is 0 Å². The summed E-state index contributed by atoms with van der Waals surface area (Å²) < 4.78 is 0. The SMILES string of the molecule is C=CC(=O)N[C@@H](Cc1ccccc1)C(=O)N[C@@H](Cc1c[nH]c2ccccc12)C(=O)NCc1ccccc1. The molecule has 7 nitrogen and oxygen atoms in total. The third-order valence-electron chi connectivity index (χ3n) is 6.14. The Labute approximate surface area is 216 Å². The van der Waals surface area contributed by atoms with E-state index in [1.165, 1.54) is 0 Å². The van der Waals surface area contributed by atoms with Gasteiger partial charge in [0.15, 0.2) is 0 Å². The number of carbonyl (C=O) groups is 3. The van der Waals surface area contributed by atoms with Gasteiger partial charge >= 0.3 is 0 Å². The summed E-state index contributed by atoms with van der Waals surface area (Å²) in [6.45, 7) is 3.82. The Morgan fingerprint density at radius 2 is 1.38 bits per heavy atom. The summed E-state index contributed by atoms with van der Waals surface area (Å²) in [5.41, 5.74) is 3.69. The topological polar surface area (TPSA) is 103 Å². The quantitative estimate of drug-likeness (QED) is 0.240. The second kappa shape index (κ2) is 12.4. The summed E-state index contributed by atoms with van der Waals surface area (Å²) in [5, 5.41) is 9.51. The Hall–Kier alpha value is -4.65. The first kappa shape index (κ1) is 25.4. The van der Waals surface area contributed by atoms with E-state index >= 15 is 0 Å². The van der Waals surface area contributed by atoms with Crippen molar-refractivity contribution in [2.24, 2.45) is 0 Å². The number of hydrogen-bond acceptors (Lipinski definition) is 3. The van der Waals surface area contributed by atoms with Crippen molar-refractivity contribution in [2.45, 2.75) is 31.5 Å². The summed E-state index contributed by atoms with van der Waals surface area (Å²) in [7, 11) is 0. The zero-order valence-electron chi connectivity index (χ0n) is 20.4. The lowest BCUT2D eigenvalue weighted by Crippen LogP contribution is -2.54. The van der Waals surface area contributed by atoms with E-state index in [9.17, 15) is 14.4 Å². The molecule has 3 aromatic carbocycles. The highest BCUT2D eigenvalue weighted by Gasteiger charge is 2.27. The smallest absolute Gasteiger partial charge is 0.244 e. The molecule has 0 aliphatic rings. The molecule has 188 valence electrons. The summed E-state index contributed by atoms with van der Waals surface area (Å²) in [6.07, 6.45) is 3.54. The molecule has 0 saturated carbocycles. The molecule has 0 bridgehead atoms. The molecule has 0 spiro atoms. The first-order chi connectivity index (χ1) is 18.0. The van der Waals surface area contributed by atoms with E-state index in [-0.39, 0.29) is 18.7 Å². The van der Waals surface area contributed by atoms with E-state index in [4.69, 9.17) is 0 Å². The second-order valence-electron chi connectivity index (χ2n) is 8.78. The lowest BCUT2D eigenvalue weighted by molar-refractivity contribution is -0.131. The fourth-order valence-corrected chi connectivity index (χ4v) is 4.20. The van der Waals surface area contributed by atoms with E-state index in [1.54, 1.807) is 0 Å². The first-order valence-electron chi connectivity index (χ1n) is 12.2. The van der Waals surface area contributed by atoms with Gasteiger partial charge in [-0.25, -0.2) is 0 Å². The molecule has 4 aromatic rings. The minimum Gasteiger partial charge on any atom is -0.361 e. The Bertz CT molecular complexity index is 1370. The van der Waals surface area contributed by atoms with Gasteiger partial charge in [-0.1, -0.05) is 85.4 Å². The summed E-state index contributed by atoms with van der Waals surface area (Å²) in [6, 6.07) is 25.1. The van der Waals surface area contributed by atoms with Gasteiger partial charge in [-0.15, -0.1) is 0 Å². The largest absolute Gasteiger partial charge is 0.361 e. The molecule has 1 aromatic heterocycles. The zero-order valence-corrected chi connectivity index (χ0v) is 20.4. The number of aromatic nitrogens is 1. The van der Waals surface area contributed by atoms with Crippen LogP contribution in [0.3, 0.4) is 0 Å². The Balaban J connectivity index is 1.55. The molecule has 1 heterocycles. The van der Waals surface area contributed by atoms with E-state index < -0.39 is 23.9 Å². The van der Waals surface area contributed by atoms with Crippen LogP contribution >= 0.6 is 0 Å². The molecule has 0 unspecified atom stereocenters. The number of carbonyl (C=O) groups excluding carboxylic acids is 3. The van der Waals surface area contributed by atoms with Gasteiger partial charge in [-0.2, -0.15) is 0 Å². The van der Waals surface area contributed by atoms with Crippen molar-refractivity contribution >= 4 is 28.6 Å². The molecule has 0 aliphatic carbocycles. The zero-order chi connectivity index (χ0) is 26.0. The van der Waals surface area contributed by atoms with Gasteiger partial charge in [0.05, 0.1) is 0 Å². The number of H-pyrrole nitrogens is 1. The standard InChI is InChI=1S/C30H30N4O3/c1-2-28(35)33-26(17-21-11-5-3-6-12-21)30(37)34-27(29(36)32-19-22-13-7-4-8-14-22)18-23-20-31-25-16-10-9-15-24(23)25/h2-16,20,26-27,31H,1,17-19H2,(H,32,36)(H,33,35)(H,34,37)/t26-,27-/m0/s1. The number of rotatable bonds is 11. The number of nitrogens with one attached hydrogen (secondary N) is 4. The second-order valence-corrected chi connectivity index (χ2v) is 8.78. The Kier molecular flexibility index (Phi) is 8.49. The molecule has 3 amide bonds. The number of fused-ring (bicyclic) bond motifs is 1. The van der Waals surface area contributed by atoms with Crippen molar-refractivity contribution in [3.63, 3.8) is 0 Å². The highest BCUT2D eigenvalue weighted by molar-refractivity contribution is 5.95. The van der Waals surface area contributed by atoms with Gasteiger partial charge in [0.25, 0.3) is 0 Å². The highest BCUT2D eigenvalue weighted by atomic mass is 16.2. The van der Waals surface area contributed by atoms with Gasteiger partial charge in [0, 0.05) is 36.5 Å². The third-order valence-corrected chi connectivity index (χ3v) is 6.14. The fraction of sp³-hybridized carbons (Fsp3) is 0.167. The Morgan fingerprint density at radius 1 is 0.757 bits per heavy atom. The predicted molar refractivity (Wildman–Crippen MR) is 144 cm³/mol. The lowest BCUT2D eigenvalue weighted by atomic mass is 10.0. The molecule has 4 N–H and O–H groups in total. The number of amides is 3. The van der Waals surface area contributed by atoms with Crippen LogP contribution in [0.2, 0.25) is 0 Å². The van der Waals surface area contributed by atoms with Crippen LogP contribution in [0.1, 0.15) is 16.7 Å². The van der Waals surface area contributed by atoms with Crippen LogP contribution < -0.4 is 16.0 Å². The minimum absolute atomic E-state index is 0.275. The van der Waals surface area contributed by atoms with Crippen molar-refractivity contribution in [1.29, 1.82) is 0 Å². The maximum Gasteiger partial charge on any atom is 0.244 e. The Morgan fingerprint density at radius 3 is 2.08 bits per heavy atom.